The van der Waals surface area contributed by atoms with Gasteiger partial charge in [0, 0.05) is 35.0 Å². The van der Waals surface area contributed by atoms with Gasteiger partial charge in [0.1, 0.15) is 0 Å². The first-order valence-electron chi connectivity index (χ1n) is 7.44. The van der Waals surface area contributed by atoms with Gasteiger partial charge in [-0.05, 0) is 55.9 Å². The van der Waals surface area contributed by atoms with Gasteiger partial charge in [0.25, 0.3) is 0 Å². The highest BCUT2D eigenvalue weighted by atomic mass is 79.9. The molecule has 5 heteroatoms. The molecule has 0 saturated carbocycles. The lowest BCUT2D eigenvalue weighted by Gasteiger charge is -2.34. The Labute approximate surface area is 140 Å². The van der Waals surface area contributed by atoms with Crippen molar-refractivity contribution in [2.24, 2.45) is 11.7 Å². The molecule has 0 aliphatic carbocycles. The van der Waals surface area contributed by atoms with Crippen LogP contribution in [0.2, 0.25) is 5.02 Å². The number of rotatable bonds is 4. The summed E-state index contributed by atoms with van der Waals surface area (Å²) < 4.78 is 1.01. The minimum atomic E-state index is 0.155. The molecule has 2 atom stereocenters. The van der Waals surface area contributed by atoms with Crippen LogP contribution in [0.4, 0.5) is 0 Å². The number of halogens is 2. The van der Waals surface area contributed by atoms with Gasteiger partial charge in [-0.25, -0.2) is 0 Å². The maximum absolute atomic E-state index is 12.4. The number of amides is 1. The number of nitrogens with two attached hydrogens (primary N) is 1. The van der Waals surface area contributed by atoms with Crippen LogP contribution >= 0.6 is 27.5 Å². The smallest absolute Gasteiger partial charge is 0.222 e. The summed E-state index contributed by atoms with van der Waals surface area (Å²) in [6, 6.07) is 5.84. The molecule has 116 valence electrons. The zero-order valence-electron chi connectivity index (χ0n) is 12.3. The quantitative estimate of drug-likeness (QED) is 0.876. The fourth-order valence-corrected chi connectivity index (χ4v) is 3.44. The highest BCUT2D eigenvalue weighted by Crippen LogP contribution is 2.24. The van der Waals surface area contributed by atoms with Gasteiger partial charge in [-0.1, -0.05) is 27.5 Å². The zero-order valence-corrected chi connectivity index (χ0v) is 14.7. The molecular formula is C16H22BrClN2O. The number of carbonyl (C=O) groups is 1. The van der Waals surface area contributed by atoms with Gasteiger partial charge in [0.05, 0.1) is 0 Å². The van der Waals surface area contributed by atoms with E-state index in [1.807, 2.05) is 30.0 Å². The van der Waals surface area contributed by atoms with E-state index in [0.29, 0.717) is 23.8 Å². The lowest BCUT2D eigenvalue weighted by Crippen LogP contribution is -2.45. The Kier molecular flexibility index (Phi) is 6.08. The maximum Gasteiger partial charge on any atom is 0.222 e. The fraction of sp³-hybridized carbons (Fsp3) is 0.562. The first-order valence-corrected chi connectivity index (χ1v) is 8.61. The topological polar surface area (TPSA) is 46.3 Å². The Morgan fingerprint density at radius 1 is 1.57 bits per heavy atom. The van der Waals surface area contributed by atoms with Crippen molar-refractivity contribution in [3.8, 4) is 0 Å². The molecule has 2 N–H and O–H groups in total. The fourth-order valence-electron chi connectivity index (χ4n) is 2.80. The van der Waals surface area contributed by atoms with Crippen molar-refractivity contribution in [3.05, 3.63) is 33.3 Å². The summed E-state index contributed by atoms with van der Waals surface area (Å²) in [5.74, 6) is 0.646. The third-order valence-electron chi connectivity index (χ3n) is 4.17. The van der Waals surface area contributed by atoms with Gasteiger partial charge in [-0.2, -0.15) is 0 Å². The lowest BCUT2D eigenvalue weighted by molar-refractivity contribution is -0.133. The van der Waals surface area contributed by atoms with Crippen LogP contribution in [0.5, 0.6) is 0 Å². The standard InChI is InChI=1S/C16H22BrClN2O/c1-11(19)13-3-2-8-20(10-13)16(21)7-4-12-9-14(18)5-6-15(12)17/h5-6,9,11,13H,2-4,7-8,10,19H2,1H3. The average molecular weight is 374 g/mol. The number of likely N-dealkylation sites (tertiary alicyclic amines) is 1. The van der Waals surface area contributed by atoms with Crippen molar-refractivity contribution in [3.63, 3.8) is 0 Å². The van der Waals surface area contributed by atoms with Crippen molar-refractivity contribution in [1.29, 1.82) is 0 Å². The third-order valence-corrected chi connectivity index (χ3v) is 5.18. The van der Waals surface area contributed by atoms with E-state index in [2.05, 4.69) is 15.9 Å². The molecule has 1 saturated heterocycles. The number of hydrogen-bond acceptors (Lipinski definition) is 2. The molecule has 1 aliphatic rings. The van der Waals surface area contributed by atoms with Gasteiger partial charge >= 0.3 is 0 Å². The van der Waals surface area contributed by atoms with Crippen LogP contribution in [0, 0.1) is 5.92 Å². The monoisotopic (exact) mass is 372 g/mol. The molecule has 3 nitrogen and oxygen atoms in total. The van der Waals surface area contributed by atoms with Crippen LogP contribution in [-0.2, 0) is 11.2 Å². The summed E-state index contributed by atoms with van der Waals surface area (Å²) in [6.45, 7) is 3.69. The highest BCUT2D eigenvalue weighted by molar-refractivity contribution is 9.10. The molecule has 0 aromatic heterocycles. The van der Waals surface area contributed by atoms with Gasteiger partial charge in [0.2, 0.25) is 5.91 Å². The second-order valence-electron chi connectivity index (χ2n) is 5.84. The number of piperidine rings is 1. The first-order chi connectivity index (χ1) is 9.97. The van der Waals surface area contributed by atoms with Crippen LogP contribution in [-0.4, -0.2) is 29.9 Å². The number of carbonyl (C=O) groups excluding carboxylic acids is 1. The van der Waals surface area contributed by atoms with E-state index < -0.39 is 0 Å². The molecule has 0 bridgehead atoms. The Hall–Kier alpha value is -0.580. The number of benzene rings is 1. The SMILES string of the molecule is CC(N)C1CCCN(C(=O)CCc2cc(Cl)ccc2Br)C1. The summed E-state index contributed by atoms with van der Waals surface area (Å²) in [5.41, 5.74) is 7.05. The first kappa shape index (κ1) is 16.8. The molecule has 21 heavy (non-hydrogen) atoms. The third kappa shape index (κ3) is 4.70. The van der Waals surface area contributed by atoms with Crippen molar-refractivity contribution in [2.45, 2.75) is 38.6 Å². The van der Waals surface area contributed by atoms with E-state index in [1.54, 1.807) is 0 Å². The largest absolute Gasteiger partial charge is 0.342 e. The van der Waals surface area contributed by atoms with E-state index in [-0.39, 0.29) is 11.9 Å². The molecule has 2 unspecified atom stereocenters. The summed E-state index contributed by atoms with van der Waals surface area (Å²) in [7, 11) is 0. The molecule has 2 rings (SSSR count). The maximum atomic E-state index is 12.4. The number of hydrogen-bond donors (Lipinski definition) is 1. The lowest BCUT2D eigenvalue weighted by atomic mass is 9.92. The molecule has 0 spiro atoms. The Balaban J connectivity index is 1.91. The highest BCUT2D eigenvalue weighted by Gasteiger charge is 2.25. The molecule has 1 aromatic rings. The molecule has 1 heterocycles. The van der Waals surface area contributed by atoms with Crippen LogP contribution < -0.4 is 5.73 Å². The predicted molar refractivity (Wildman–Crippen MR) is 90.4 cm³/mol. The number of aryl methyl sites for hydroxylation is 1. The van der Waals surface area contributed by atoms with Gasteiger partial charge in [-0.3, -0.25) is 4.79 Å². The molecule has 0 radical (unpaired) electrons. The summed E-state index contributed by atoms with van der Waals surface area (Å²) in [4.78, 5) is 14.3. The second kappa shape index (κ2) is 7.61. The molecule has 1 aliphatic heterocycles. The summed E-state index contributed by atoms with van der Waals surface area (Å²) >= 11 is 9.51. The normalized spacial score (nSPS) is 20.4. The minimum Gasteiger partial charge on any atom is -0.342 e. The van der Waals surface area contributed by atoms with E-state index in [4.69, 9.17) is 17.3 Å². The van der Waals surface area contributed by atoms with Crippen molar-refractivity contribution in [1.82, 2.24) is 4.90 Å². The van der Waals surface area contributed by atoms with Gasteiger partial charge in [-0.15, -0.1) is 0 Å². The molecule has 1 fully saturated rings. The Morgan fingerprint density at radius 2 is 2.33 bits per heavy atom. The molecule has 1 amide bonds. The van der Waals surface area contributed by atoms with Crippen molar-refractivity contribution < 1.29 is 4.79 Å². The molecule has 1 aromatic carbocycles. The van der Waals surface area contributed by atoms with Crippen molar-refractivity contribution >= 4 is 33.4 Å². The van der Waals surface area contributed by atoms with E-state index in [1.165, 1.54) is 0 Å². The van der Waals surface area contributed by atoms with Crippen molar-refractivity contribution in [2.75, 3.05) is 13.1 Å². The van der Waals surface area contributed by atoms with Crippen LogP contribution in [0.15, 0.2) is 22.7 Å². The van der Waals surface area contributed by atoms with E-state index >= 15 is 0 Å². The predicted octanol–water partition coefficient (Wildman–Crippen LogP) is 3.62. The zero-order chi connectivity index (χ0) is 15.4. The van der Waals surface area contributed by atoms with Crippen LogP contribution in [0.25, 0.3) is 0 Å². The second-order valence-corrected chi connectivity index (χ2v) is 7.13. The van der Waals surface area contributed by atoms with E-state index in [9.17, 15) is 4.79 Å². The number of nitrogens with zero attached hydrogens (tertiary/aromatic N) is 1. The van der Waals surface area contributed by atoms with Crippen LogP contribution in [0.3, 0.4) is 0 Å². The summed E-state index contributed by atoms with van der Waals surface area (Å²) in [5, 5.41) is 0.704. The van der Waals surface area contributed by atoms with Gasteiger partial charge in [0.15, 0.2) is 0 Å². The minimum absolute atomic E-state index is 0.155. The average Bonchev–Trinajstić information content (AvgIpc) is 2.48. The molecular weight excluding hydrogens is 352 g/mol. The Bertz CT molecular complexity index is 507. The van der Waals surface area contributed by atoms with Gasteiger partial charge < -0.3 is 10.6 Å². The van der Waals surface area contributed by atoms with E-state index in [0.717, 1.165) is 36.0 Å². The van der Waals surface area contributed by atoms with Crippen LogP contribution in [0.1, 0.15) is 31.7 Å². The Morgan fingerprint density at radius 3 is 3.05 bits per heavy atom. The summed E-state index contributed by atoms with van der Waals surface area (Å²) in [6.07, 6.45) is 3.41.